The van der Waals surface area contributed by atoms with Crippen LogP contribution in [-0.4, -0.2) is 30.6 Å². The van der Waals surface area contributed by atoms with E-state index in [1.807, 2.05) is 6.07 Å². The molecule has 1 N–H and O–H groups in total. The Morgan fingerprint density at radius 1 is 1.14 bits per heavy atom. The summed E-state index contributed by atoms with van der Waals surface area (Å²) in [6.07, 6.45) is 8.40. The lowest BCUT2D eigenvalue weighted by atomic mass is 10.0. The number of halogens is 1. The van der Waals surface area contributed by atoms with Gasteiger partial charge in [0, 0.05) is 24.2 Å². The molecule has 3 rings (SSSR count). The van der Waals surface area contributed by atoms with Crippen molar-refractivity contribution in [2.45, 2.75) is 51.1 Å². The molecule has 1 saturated heterocycles. The summed E-state index contributed by atoms with van der Waals surface area (Å²) in [6, 6.07) is 8.96. The second kappa shape index (κ2) is 7.62. The molecule has 1 aliphatic heterocycles. The molecule has 1 heterocycles. The molecule has 21 heavy (non-hydrogen) atoms. The minimum absolute atomic E-state index is 0.679. The summed E-state index contributed by atoms with van der Waals surface area (Å²) < 4.78 is 0. The minimum atomic E-state index is 0.679. The van der Waals surface area contributed by atoms with Gasteiger partial charge in [-0.2, -0.15) is 0 Å². The van der Waals surface area contributed by atoms with Crippen LogP contribution in [0.25, 0.3) is 0 Å². The molecular formula is C18H27ClN2. The maximum Gasteiger partial charge on any atom is 0.0409 e. The molecule has 1 atom stereocenters. The first-order valence-electron chi connectivity index (χ1n) is 8.50. The van der Waals surface area contributed by atoms with E-state index in [0.717, 1.165) is 17.5 Å². The fourth-order valence-corrected chi connectivity index (χ4v) is 4.02. The molecule has 0 spiro atoms. The maximum atomic E-state index is 6.08. The molecule has 2 fully saturated rings. The van der Waals surface area contributed by atoms with E-state index in [0.29, 0.717) is 6.04 Å². The smallest absolute Gasteiger partial charge is 0.0409 e. The normalized spacial score (nSPS) is 24.5. The first kappa shape index (κ1) is 15.3. The Morgan fingerprint density at radius 2 is 2.00 bits per heavy atom. The Bertz CT molecular complexity index is 443. The highest BCUT2D eigenvalue weighted by atomic mass is 35.5. The third-order valence-corrected chi connectivity index (χ3v) is 5.21. The van der Waals surface area contributed by atoms with Crippen LogP contribution in [0.1, 0.15) is 44.1 Å². The molecule has 0 amide bonds. The fourth-order valence-electron chi connectivity index (χ4n) is 3.81. The van der Waals surface area contributed by atoms with E-state index in [9.17, 15) is 0 Å². The van der Waals surface area contributed by atoms with Gasteiger partial charge >= 0.3 is 0 Å². The fraction of sp³-hybridized carbons (Fsp3) is 0.667. The molecule has 2 aliphatic rings. The van der Waals surface area contributed by atoms with Gasteiger partial charge in [0.05, 0.1) is 0 Å². The quantitative estimate of drug-likeness (QED) is 0.881. The molecule has 1 aromatic carbocycles. The second-order valence-electron chi connectivity index (χ2n) is 6.76. The van der Waals surface area contributed by atoms with Gasteiger partial charge in [-0.05, 0) is 62.4 Å². The number of nitrogens with one attached hydrogen (secondary N) is 1. The van der Waals surface area contributed by atoms with Crippen molar-refractivity contribution in [3.63, 3.8) is 0 Å². The van der Waals surface area contributed by atoms with Crippen LogP contribution < -0.4 is 5.32 Å². The summed E-state index contributed by atoms with van der Waals surface area (Å²) in [5, 5.41) is 4.67. The SMILES string of the molecule is Clc1cccc(CN2CCCC(NCC3CCCC3)C2)c1. The zero-order valence-corrected chi connectivity index (χ0v) is 13.6. The first-order valence-corrected chi connectivity index (χ1v) is 8.87. The summed E-state index contributed by atoms with van der Waals surface area (Å²) in [4.78, 5) is 2.57. The average Bonchev–Trinajstić information content (AvgIpc) is 2.99. The summed E-state index contributed by atoms with van der Waals surface area (Å²) in [5.41, 5.74) is 1.33. The highest BCUT2D eigenvalue weighted by Gasteiger charge is 2.21. The largest absolute Gasteiger partial charge is 0.312 e. The molecule has 0 aromatic heterocycles. The number of rotatable bonds is 5. The summed E-state index contributed by atoms with van der Waals surface area (Å²) in [7, 11) is 0. The van der Waals surface area contributed by atoms with Crippen LogP contribution in [-0.2, 0) is 6.54 Å². The number of nitrogens with zero attached hydrogens (tertiary/aromatic N) is 1. The molecule has 1 aromatic rings. The van der Waals surface area contributed by atoms with Gasteiger partial charge in [0.1, 0.15) is 0 Å². The lowest BCUT2D eigenvalue weighted by Gasteiger charge is -2.34. The standard InChI is InChI=1S/C18H27ClN2/c19-17-8-3-7-16(11-17)13-21-10-4-9-18(14-21)20-12-15-5-1-2-6-15/h3,7-8,11,15,18,20H,1-2,4-6,9-10,12-14H2. The van der Waals surface area contributed by atoms with Gasteiger partial charge in [-0.1, -0.05) is 36.6 Å². The third-order valence-electron chi connectivity index (χ3n) is 4.97. The lowest BCUT2D eigenvalue weighted by Crippen LogP contribution is -2.46. The third kappa shape index (κ3) is 4.70. The Kier molecular flexibility index (Phi) is 5.56. The predicted octanol–water partition coefficient (Wildman–Crippen LogP) is 4.08. The van der Waals surface area contributed by atoms with Gasteiger partial charge in [0.2, 0.25) is 0 Å². The van der Waals surface area contributed by atoms with Crippen LogP contribution in [0.15, 0.2) is 24.3 Å². The molecule has 1 unspecified atom stereocenters. The van der Waals surface area contributed by atoms with Gasteiger partial charge in [-0.25, -0.2) is 0 Å². The van der Waals surface area contributed by atoms with E-state index < -0.39 is 0 Å². The van der Waals surface area contributed by atoms with Crippen LogP contribution in [0.3, 0.4) is 0 Å². The summed E-state index contributed by atoms with van der Waals surface area (Å²) >= 11 is 6.08. The summed E-state index contributed by atoms with van der Waals surface area (Å²) in [6.45, 7) is 4.66. The van der Waals surface area contributed by atoms with E-state index in [2.05, 4.69) is 28.4 Å². The van der Waals surface area contributed by atoms with Gasteiger partial charge < -0.3 is 5.32 Å². The van der Waals surface area contributed by atoms with E-state index in [1.54, 1.807) is 0 Å². The van der Waals surface area contributed by atoms with Crippen LogP contribution >= 0.6 is 11.6 Å². The second-order valence-corrected chi connectivity index (χ2v) is 7.20. The Labute approximate surface area is 133 Å². The number of likely N-dealkylation sites (tertiary alicyclic amines) is 1. The Morgan fingerprint density at radius 3 is 2.81 bits per heavy atom. The lowest BCUT2D eigenvalue weighted by molar-refractivity contribution is 0.180. The maximum absolute atomic E-state index is 6.08. The first-order chi connectivity index (χ1) is 10.3. The zero-order chi connectivity index (χ0) is 14.5. The molecule has 1 aliphatic carbocycles. The average molecular weight is 307 g/mol. The topological polar surface area (TPSA) is 15.3 Å². The molecule has 0 bridgehead atoms. The van der Waals surface area contributed by atoms with Crippen molar-refractivity contribution >= 4 is 11.6 Å². The number of hydrogen-bond donors (Lipinski definition) is 1. The Balaban J connectivity index is 1.46. The monoisotopic (exact) mass is 306 g/mol. The van der Waals surface area contributed by atoms with Crippen molar-refractivity contribution in [2.24, 2.45) is 5.92 Å². The molecule has 116 valence electrons. The number of hydrogen-bond acceptors (Lipinski definition) is 2. The van der Waals surface area contributed by atoms with Gasteiger partial charge in [0.15, 0.2) is 0 Å². The van der Waals surface area contributed by atoms with Crippen LogP contribution in [0.2, 0.25) is 5.02 Å². The minimum Gasteiger partial charge on any atom is -0.312 e. The van der Waals surface area contributed by atoms with Crippen molar-refractivity contribution in [3.05, 3.63) is 34.9 Å². The van der Waals surface area contributed by atoms with E-state index >= 15 is 0 Å². The van der Waals surface area contributed by atoms with E-state index in [-0.39, 0.29) is 0 Å². The predicted molar refractivity (Wildman–Crippen MR) is 89.7 cm³/mol. The van der Waals surface area contributed by atoms with Crippen molar-refractivity contribution in [3.8, 4) is 0 Å². The van der Waals surface area contributed by atoms with E-state index in [4.69, 9.17) is 11.6 Å². The van der Waals surface area contributed by atoms with Crippen molar-refractivity contribution < 1.29 is 0 Å². The van der Waals surface area contributed by atoms with Crippen molar-refractivity contribution in [1.82, 2.24) is 10.2 Å². The van der Waals surface area contributed by atoms with Crippen LogP contribution in [0.4, 0.5) is 0 Å². The van der Waals surface area contributed by atoms with Gasteiger partial charge in [-0.15, -0.1) is 0 Å². The number of benzene rings is 1. The highest BCUT2D eigenvalue weighted by Crippen LogP contribution is 2.24. The van der Waals surface area contributed by atoms with Crippen molar-refractivity contribution in [2.75, 3.05) is 19.6 Å². The van der Waals surface area contributed by atoms with Crippen molar-refractivity contribution in [1.29, 1.82) is 0 Å². The molecule has 3 heteroatoms. The molecule has 2 nitrogen and oxygen atoms in total. The van der Waals surface area contributed by atoms with Gasteiger partial charge in [-0.3, -0.25) is 4.90 Å². The highest BCUT2D eigenvalue weighted by molar-refractivity contribution is 6.30. The Hall–Kier alpha value is -0.570. The molecular weight excluding hydrogens is 280 g/mol. The molecule has 0 radical (unpaired) electrons. The van der Waals surface area contributed by atoms with E-state index in [1.165, 1.54) is 63.7 Å². The van der Waals surface area contributed by atoms with Crippen LogP contribution in [0, 0.1) is 5.92 Å². The summed E-state index contributed by atoms with van der Waals surface area (Å²) in [5.74, 6) is 0.938. The number of piperidine rings is 1. The zero-order valence-electron chi connectivity index (χ0n) is 12.9. The molecule has 1 saturated carbocycles. The van der Waals surface area contributed by atoms with Gasteiger partial charge in [0.25, 0.3) is 0 Å². The van der Waals surface area contributed by atoms with Crippen LogP contribution in [0.5, 0.6) is 0 Å².